The molecule has 154 valence electrons. The van der Waals surface area contributed by atoms with Crippen molar-refractivity contribution in [2.24, 2.45) is 0 Å². The van der Waals surface area contributed by atoms with Gasteiger partial charge in [0.15, 0.2) is 16.7 Å². The largest absolute Gasteiger partial charge is 0.454 e. The minimum Gasteiger partial charge on any atom is -0.454 e. The van der Waals surface area contributed by atoms with Gasteiger partial charge in [-0.2, -0.15) is 0 Å². The average molecular weight is 444 g/mol. The van der Waals surface area contributed by atoms with E-state index in [4.69, 9.17) is 21.1 Å². The van der Waals surface area contributed by atoms with E-state index in [2.05, 4.69) is 15.3 Å². The van der Waals surface area contributed by atoms with Crippen LogP contribution < -0.4 is 20.3 Å². The number of rotatable bonds is 6. The van der Waals surface area contributed by atoms with Gasteiger partial charge in [0.25, 0.3) is 5.56 Å². The lowest BCUT2D eigenvalue weighted by atomic mass is 10.1. The number of benzene rings is 2. The molecule has 1 aromatic heterocycles. The Morgan fingerprint density at radius 3 is 2.87 bits per heavy atom. The second-order valence-corrected chi connectivity index (χ2v) is 8.05. The summed E-state index contributed by atoms with van der Waals surface area (Å²) in [6.45, 7) is 1.89. The van der Waals surface area contributed by atoms with Crippen molar-refractivity contribution in [3.8, 4) is 11.5 Å². The second kappa shape index (κ2) is 8.81. The van der Waals surface area contributed by atoms with E-state index in [1.165, 1.54) is 11.8 Å². The molecule has 3 aromatic rings. The van der Waals surface area contributed by atoms with Gasteiger partial charge in [0.05, 0.1) is 6.42 Å². The quantitative estimate of drug-likeness (QED) is 0.443. The van der Waals surface area contributed by atoms with E-state index in [1.54, 1.807) is 25.1 Å². The van der Waals surface area contributed by atoms with Crippen molar-refractivity contribution in [2.45, 2.75) is 24.3 Å². The summed E-state index contributed by atoms with van der Waals surface area (Å²) in [6, 6.07) is 12.6. The van der Waals surface area contributed by atoms with Crippen LogP contribution in [0.5, 0.6) is 11.5 Å². The van der Waals surface area contributed by atoms with Crippen LogP contribution in [0, 0.1) is 6.92 Å². The fourth-order valence-corrected chi connectivity index (χ4v) is 4.04. The highest BCUT2D eigenvalue weighted by Gasteiger charge is 2.16. The van der Waals surface area contributed by atoms with Gasteiger partial charge in [-0.1, -0.05) is 35.5 Å². The zero-order valence-electron chi connectivity index (χ0n) is 16.0. The summed E-state index contributed by atoms with van der Waals surface area (Å²) >= 11 is 7.40. The summed E-state index contributed by atoms with van der Waals surface area (Å²) in [6.07, 6.45) is -0.0815. The molecule has 0 radical (unpaired) electrons. The first-order valence-electron chi connectivity index (χ1n) is 9.14. The second-order valence-electron chi connectivity index (χ2n) is 6.65. The highest BCUT2D eigenvalue weighted by atomic mass is 35.5. The van der Waals surface area contributed by atoms with Crippen molar-refractivity contribution in [1.29, 1.82) is 0 Å². The van der Waals surface area contributed by atoms with Gasteiger partial charge >= 0.3 is 0 Å². The first-order chi connectivity index (χ1) is 14.5. The highest BCUT2D eigenvalue weighted by Crippen LogP contribution is 2.34. The van der Waals surface area contributed by atoms with Crippen LogP contribution in [-0.2, 0) is 17.0 Å². The van der Waals surface area contributed by atoms with Gasteiger partial charge in [-0.3, -0.25) is 9.59 Å². The molecular formula is C21H18ClN3O4S. The number of carbonyl (C=O) groups is 1. The maximum atomic E-state index is 12.5. The minimum atomic E-state index is -0.322. The molecule has 0 atom stereocenters. The third-order valence-corrected chi connectivity index (χ3v) is 5.64. The Labute approximate surface area is 181 Å². The molecule has 30 heavy (non-hydrogen) atoms. The lowest BCUT2D eigenvalue weighted by Crippen LogP contribution is -2.23. The first-order valence-corrected chi connectivity index (χ1v) is 10.5. The smallest absolute Gasteiger partial charge is 0.255 e. The molecule has 2 aromatic carbocycles. The molecule has 2 heterocycles. The number of nitrogens with one attached hydrogen (secondary N) is 2. The van der Waals surface area contributed by atoms with E-state index in [0.29, 0.717) is 44.4 Å². The van der Waals surface area contributed by atoms with Gasteiger partial charge in [-0.15, -0.1) is 0 Å². The number of carbonyl (C=O) groups excluding carboxylic acids is 1. The van der Waals surface area contributed by atoms with Crippen LogP contribution in [0.4, 0.5) is 5.69 Å². The molecule has 7 nitrogen and oxygen atoms in total. The van der Waals surface area contributed by atoms with Crippen LogP contribution in [0.25, 0.3) is 0 Å². The Kier molecular flexibility index (Phi) is 5.96. The lowest BCUT2D eigenvalue weighted by molar-refractivity contribution is -0.115. The Morgan fingerprint density at radius 1 is 1.23 bits per heavy atom. The van der Waals surface area contributed by atoms with Crippen molar-refractivity contribution in [1.82, 2.24) is 9.97 Å². The van der Waals surface area contributed by atoms with E-state index in [1.807, 2.05) is 24.3 Å². The molecular weight excluding hydrogens is 426 g/mol. The molecule has 4 rings (SSSR count). The molecule has 0 saturated heterocycles. The number of hydrogen-bond donors (Lipinski definition) is 2. The van der Waals surface area contributed by atoms with Gasteiger partial charge in [0, 0.05) is 33.8 Å². The molecule has 0 saturated carbocycles. The molecule has 0 aliphatic carbocycles. The number of anilines is 1. The summed E-state index contributed by atoms with van der Waals surface area (Å²) < 4.78 is 10.6. The van der Waals surface area contributed by atoms with Crippen LogP contribution in [0.2, 0.25) is 5.02 Å². The third-order valence-electron chi connectivity index (χ3n) is 4.46. The van der Waals surface area contributed by atoms with Gasteiger partial charge < -0.3 is 19.8 Å². The van der Waals surface area contributed by atoms with Crippen molar-refractivity contribution in [2.75, 3.05) is 12.1 Å². The van der Waals surface area contributed by atoms with E-state index in [0.717, 1.165) is 5.56 Å². The number of ether oxygens (including phenoxy) is 2. The van der Waals surface area contributed by atoms with Crippen molar-refractivity contribution in [3.63, 3.8) is 0 Å². The normalized spacial score (nSPS) is 12.1. The van der Waals surface area contributed by atoms with Crippen molar-refractivity contribution < 1.29 is 14.3 Å². The van der Waals surface area contributed by atoms with Crippen LogP contribution in [0.15, 0.2) is 52.4 Å². The summed E-state index contributed by atoms with van der Waals surface area (Å²) in [5, 5.41) is 3.93. The monoisotopic (exact) mass is 443 g/mol. The lowest BCUT2D eigenvalue weighted by Gasteiger charge is -2.09. The molecule has 0 fully saturated rings. The molecule has 9 heteroatoms. The van der Waals surface area contributed by atoms with E-state index < -0.39 is 0 Å². The number of thioether (sulfide) groups is 1. The Morgan fingerprint density at radius 2 is 2.07 bits per heavy atom. The Hall–Kier alpha value is -2.97. The number of fused-ring (bicyclic) bond motifs is 1. The van der Waals surface area contributed by atoms with Gasteiger partial charge in [0.1, 0.15) is 0 Å². The summed E-state index contributed by atoms with van der Waals surface area (Å²) in [4.78, 5) is 32.1. The van der Waals surface area contributed by atoms with Crippen LogP contribution >= 0.6 is 23.4 Å². The van der Waals surface area contributed by atoms with Crippen molar-refractivity contribution >= 4 is 35.0 Å². The Bertz CT molecular complexity index is 1170. The van der Waals surface area contributed by atoms with Gasteiger partial charge in [-0.05, 0) is 36.8 Å². The number of nitrogens with zero attached hydrogens (tertiary/aromatic N) is 1. The van der Waals surface area contributed by atoms with Crippen LogP contribution in [-0.4, -0.2) is 22.7 Å². The fourth-order valence-electron chi connectivity index (χ4n) is 2.98. The first kappa shape index (κ1) is 20.3. The predicted octanol–water partition coefficient (Wildman–Crippen LogP) is 3.93. The van der Waals surface area contributed by atoms with Crippen LogP contribution in [0.1, 0.15) is 16.8 Å². The van der Waals surface area contributed by atoms with Gasteiger partial charge in [-0.25, -0.2) is 4.98 Å². The van der Waals surface area contributed by atoms with E-state index >= 15 is 0 Å². The van der Waals surface area contributed by atoms with E-state index in [9.17, 15) is 9.59 Å². The zero-order valence-corrected chi connectivity index (χ0v) is 17.6. The molecule has 0 spiro atoms. The van der Waals surface area contributed by atoms with Crippen LogP contribution in [0.3, 0.4) is 0 Å². The molecule has 0 bridgehead atoms. The summed E-state index contributed by atoms with van der Waals surface area (Å²) in [7, 11) is 0. The number of hydrogen-bond acceptors (Lipinski definition) is 6. The SMILES string of the molecule is Cc1nc(SCc2cccc(Cl)c2)[nH]c(=O)c1CC(=O)Nc1ccc2c(c1)OCO2. The minimum absolute atomic E-state index is 0.0815. The summed E-state index contributed by atoms with van der Waals surface area (Å²) in [5.74, 6) is 1.51. The number of H-pyrrole nitrogens is 1. The van der Waals surface area contributed by atoms with E-state index in [-0.39, 0.29) is 24.7 Å². The number of aromatic nitrogens is 2. The zero-order chi connectivity index (χ0) is 21.1. The third kappa shape index (κ3) is 4.77. The number of halogens is 1. The number of amides is 1. The van der Waals surface area contributed by atoms with Gasteiger partial charge in [0.2, 0.25) is 12.7 Å². The average Bonchev–Trinajstić information content (AvgIpc) is 3.17. The predicted molar refractivity (Wildman–Crippen MR) is 116 cm³/mol. The highest BCUT2D eigenvalue weighted by molar-refractivity contribution is 7.98. The molecule has 1 amide bonds. The fraction of sp³-hybridized carbons (Fsp3) is 0.190. The maximum Gasteiger partial charge on any atom is 0.255 e. The summed E-state index contributed by atoms with van der Waals surface area (Å²) in [5.41, 5.74) is 2.13. The number of aryl methyl sites for hydroxylation is 1. The molecule has 2 N–H and O–H groups in total. The van der Waals surface area contributed by atoms with Crippen molar-refractivity contribution in [3.05, 3.63) is 74.7 Å². The topological polar surface area (TPSA) is 93.3 Å². The molecule has 0 unspecified atom stereocenters. The molecule has 1 aliphatic rings. The Balaban J connectivity index is 1.41. The maximum absolute atomic E-state index is 12.5. The standard InChI is InChI=1S/C21H18ClN3O4S/c1-12-16(9-19(26)24-15-5-6-17-18(8-15)29-11-28-17)20(27)25-21(23-12)30-10-13-3-2-4-14(22)7-13/h2-8H,9-11H2,1H3,(H,24,26)(H,23,25,27). The number of aromatic amines is 1. The molecule has 1 aliphatic heterocycles.